The molecule has 1 aromatic rings. The Hall–Kier alpha value is -0.380. The van der Waals surface area contributed by atoms with Crippen LogP contribution in [-0.2, 0) is 9.47 Å². The largest absolute Gasteiger partial charge is 0.371 e. The van der Waals surface area contributed by atoms with Gasteiger partial charge in [0.1, 0.15) is 6.10 Å². The summed E-state index contributed by atoms with van der Waals surface area (Å²) in [5.74, 6) is 0. The van der Waals surface area contributed by atoms with Gasteiger partial charge in [-0.15, -0.1) is 0 Å². The van der Waals surface area contributed by atoms with E-state index in [2.05, 4.69) is 41.1 Å². The first-order valence-electron chi connectivity index (χ1n) is 5.79. The highest BCUT2D eigenvalue weighted by atomic mass is 79.9. The second-order valence-electron chi connectivity index (χ2n) is 4.09. The van der Waals surface area contributed by atoms with Gasteiger partial charge >= 0.3 is 0 Å². The lowest BCUT2D eigenvalue weighted by Crippen LogP contribution is -2.09. The predicted molar refractivity (Wildman–Crippen MR) is 67.5 cm³/mol. The van der Waals surface area contributed by atoms with Crippen LogP contribution in [0.1, 0.15) is 31.4 Å². The van der Waals surface area contributed by atoms with Gasteiger partial charge in [0, 0.05) is 4.47 Å². The molecular formula is C13H17BrO2. The van der Waals surface area contributed by atoms with Crippen molar-refractivity contribution in [2.45, 2.75) is 32.0 Å². The summed E-state index contributed by atoms with van der Waals surface area (Å²) in [6, 6.07) is 8.27. The Morgan fingerprint density at radius 2 is 2.25 bits per heavy atom. The zero-order valence-electron chi connectivity index (χ0n) is 9.49. The summed E-state index contributed by atoms with van der Waals surface area (Å²) < 4.78 is 12.2. The molecule has 1 aliphatic heterocycles. The zero-order valence-corrected chi connectivity index (χ0v) is 11.1. The van der Waals surface area contributed by atoms with Crippen LogP contribution in [0.25, 0.3) is 0 Å². The maximum Gasteiger partial charge on any atom is 0.104 e. The van der Waals surface area contributed by atoms with Gasteiger partial charge in [-0.05, 0) is 18.1 Å². The summed E-state index contributed by atoms with van der Waals surface area (Å²) in [5.41, 5.74) is 1.24. The molecule has 2 rings (SSSR count). The summed E-state index contributed by atoms with van der Waals surface area (Å²) in [6.45, 7) is 3.75. The van der Waals surface area contributed by atoms with E-state index in [1.54, 1.807) is 0 Å². The van der Waals surface area contributed by atoms with Crippen molar-refractivity contribution < 1.29 is 9.47 Å². The van der Waals surface area contributed by atoms with Crippen LogP contribution in [-0.4, -0.2) is 19.3 Å². The van der Waals surface area contributed by atoms with Crippen LogP contribution >= 0.6 is 15.9 Å². The van der Waals surface area contributed by atoms with Gasteiger partial charge in [0.15, 0.2) is 0 Å². The smallest absolute Gasteiger partial charge is 0.104 e. The van der Waals surface area contributed by atoms with E-state index < -0.39 is 0 Å². The molecule has 1 heterocycles. The van der Waals surface area contributed by atoms with Crippen LogP contribution < -0.4 is 0 Å². The topological polar surface area (TPSA) is 21.8 Å². The molecule has 1 aliphatic rings. The summed E-state index contributed by atoms with van der Waals surface area (Å²) >= 11 is 3.58. The Morgan fingerprint density at radius 1 is 1.50 bits per heavy atom. The lowest BCUT2D eigenvalue weighted by molar-refractivity contribution is 0.0354. The van der Waals surface area contributed by atoms with Crippen molar-refractivity contribution in [3.8, 4) is 0 Å². The van der Waals surface area contributed by atoms with Gasteiger partial charge in [0.2, 0.25) is 0 Å². The van der Waals surface area contributed by atoms with Gasteiger partial charge in [0.25, 0.3) is 0 Å². The predicted octanol–water partition coefficient (Wildman–Crippen LogP) is 3.71. The molecule has 0 bridgehead atoms. The van der Waals surface area contributed by atoms with Crippen molar-refractivity contribution >= 4 is 15.9 Å². The third-order valence-electron chi connectivity index (χ3n) is 2.69. The van der Waals surface area contributed by atoms with Crippen molar-refractivity contribution in [2.75, 3.05) is 13.2 Å². The number of benzene rings is 1. The quantitative estimate of drug-likeness (QED) is 0.743. The van der Waals surface area contributed by atoms with E-state index in [1.165, 1.54) is 5.56 Å². The maximum absolute atomic E-state index is 5.92. The minimum atomic E-state index is 0.185. The fraction of sp³-hybridized carbons (Fsp3) is 0.538. The molecule has 1 fully saturated rings. The molecule has 1 saturated heterocycles. The normalized spacial score (nSPS) is 20.8. The number of hydrogen-bond acceptors (Lipinski definition) is 2. The fourth-order valence-electron chi connectivity index (χ4n) is 1.71. The van der Waals surface area contributed by atoms with Crippen molar-refractivity contribution in [3.05, 3.63) is 34.3 Å². The van der Waals surface area contributed by atoms with Crippen LogP contribution in [0, 0.1) is 0 Å². The highest BCUT2D eigenvalue weighted by molar-refractivity contribution is 9.10. The van der Waals surface area contributed by atoms with Crippen LogP contribution in [0.2, 0.25) is 0 Å². The molecule has 0 radical (unpaired) electrons. The Labute approximate surface area is 105 Å². The highest BCUT2D eigenvalue weighted by Crippen LogP contribution is 2.30. The molecule has 0 aromatic heterocycles. The Balaban J connectivity index is 2.01. The monoisotopic (exact) mass is 284 g/mol. The Bertz CT molecular complexity index is 336. The molecule has 1 aromatic carbocycles. The minimum absolute atomic E-state index is 0.185. The molecule has 0 N–H and O–H groups in total. The molecule has 88 valence electrons. The molecule has 3 heteroatoms. The third kappa shape index (κ3) is 3.30. The number of halogens is 1. The van der Waals surface area contributed by atoms with Crippen molar-refractivity contribution in [1.82, 2.24) is 0 Å². The number of rotatable bonds is 6. The van der Waals surface area contributed by atoms with E-state index in [0.29, 0.717) is 12.7 Å². The lowest BCUT2D eigenvalue weighted by Gasteiger charge is -2.18. The van der Waals surface area contributed by atoms with E-state index in [0.717, 1.165) is 23.9 Å². The molecular weight excluding hydrogens is 268 g/mol. The van der Waals surface area contributed by atoms with E-state index in [-0.39, 0.29) is 6.10 Å². The number of hydrogen-bond donors (Lipinski definition) is 0. The first kappa shape index (κ1) is 12.1. The third-order valence-corrected chi connectivity index (χ3v) is 3.41. The molecule has 2 nitrogen and oxygen atoms in total. The van der Waals surface area contributed by atoms with E-state index in [9.17, 15) is 0 Å². The SMILES string of the molecule is CCC[C@@H](OC[C@H]1CO1)c1ccccc1Br. The van der Waals surface area contributed by atoms with Crippen LogP contribution in [0.4, 0.5) is 0 Å². The highest BCUT2D eigenvalue weighted by Gasteiger charge is 2.25. The first-order chi connectivity index (χ1) is 7.81. The summed E-state index contributed by atoms with van der Waals surface area (Å²) in [5, 5.41) is 0. The molecule has 16 heavy (non-hydrogen) atoms. The van der Waals surface area contributed by atoms with Crippen LogP contribution in [0.5, 0.6) is 0 Å². The number of epoxide rings is 1. The average Bonchev–Trinajstić information content (AvgIpc) is 3.09. The molecule has 0 spiro atoms. The van der Waals surface area contributed by atoms with Gasteiger partial charge in [-0.1, -0.05) is 47.5 Å². The van der Waals surface area contributed by atoms with Gasteiger partial charge in [-0.3, -0.25) is 0 Å². The lowest BCUT2D eigenvalue weighted by atomic mass is 10.1. The van der Waals surface area contributed by atoms with Gasteiger partial charge in [0.05, 0.1) is 19.3 Å². The molecule has 0 aliphatic carbocycles. The first-order valence-corrected chi connectivity index (χ1v) is 6.58. The molecule has 0 saturated carbocycles. The summed E-state index contributed by atoms with van der Waals surface area (Å²) in [6.07, 6.45) is 2.69. The van der Waals surface area contributed by atoms with E-state index in [4.69, 9.17) is 9.47 Å². The fourth-order valence-corrected chi connectivity index (χ4v) is 2.25. The second kappa shape index (κ2) is 5.80. The second-order valence-corrected chi connectivity index (χ2v) is 4.94. The van der Waals surface area contributed by atoms with Gasteiger partial charge in [-0.2, -0.15) is 0 Å². The summed E-state index contributed by atoms with van der Waals surface area (Å²) in [4.78, 5) is 0. The van der Waals surface area contributed by atoms with E-state index >= 15 is 0 Å². The zero-order chi connectivity index (χ0) is 11.4. The Kier molecular flexibility index (Phi) is 4.38. The van der Waals surface area contributed by atoms with Crippen LogP contribution in [0.15, 0.2) is 28.7 Å². The summed E-state index contributed by atoms with van der Waals surface area (Å²) in [7, 11) is 0. The van der Waals surface area contributed by atoms with Crippen molar-refractivity contribution in [2.24, 2.45) is 0 Å². The van der Waals surface area contributed by atoms with Crippen LogP contribution in [0.3, 0.4) is 0 Å². The molecule has 0 amide bonds. The van der Waals surface area contributed by atoms with Gasteiger partial charge in [-0.25, -0.2) is 0 Å². The average molecular weight is 285 g/mol. The molecule has 2 atom stereocenters. The van der Waals surface area contributed by atoms with Crippen molar-refractivity contribution in [1.29, 1.82) is 0 Å². The van der Waals surface area contributed by atoms with E-state index in [1.807, 2.05) is 6.07 Å². The van der Waals surface area contributed by atoms with Gasteiger partial charge < -0.3 is 9.47 Å². The number of ether oxygens (including phenoxy) is 2. The van der Waals surface area contributed by atoms with Crippen molar-refractivity contribution in [3.63, 3.8) is 0 Å². The standard InChI is InChI=1S/C13H17BrO2/c1-2-5-13(16-9-10-8-15-10)11-6-3-4-7-12(11)14/h3-4,6-7,10,13H,2,5,8-9H2,1H3/t10-,13-/m1/s1. The molecule has 0 unspecified atom stereocenters. The minimum Gasteiger partial charge on any atom is -0.371 e. The maximum atomic E-state index is 5.92. The Morgan fingerprint density at radius 3 is 2.88 bits per heavy atom.